The highest BCUT2D eigenvalue weighted by atomic mass is 79.9. The van der Waals surface area contributed by atoms with Crippen LogP contribution in [0, 0.1) is 11.3 Å². The number of aromatic nitrogens is 1. The summed E-state index contributed by atoms with van der Waals surface area (Å²) >= 11 is 15.3. The van der Waals surface area contributed by atoms with E-state index in [4.69, 9.17) is 23.2 Å². The Kier molecular flexibility index (Phi) is 5.33. The van der Waals surface area contributed by atoms with Crippen LogP contribution >= 0.6 is 39.1 Å². The van der Waals surface area contributed by atoms with Crippen molar-refractivity contribution in [1.82, 2.24) is 4.57 Å². The van der Waals surface area contributed by atoms with Crippen molar-refractivity contribution in [2.24, 2.45) is 7.05 Å². The monoisotopic (exact) mass is 398 g/mol. The van der Waals surface area contributed by atoms with E-state index in [0.29, 0.717) is 32.2 Å². The second kappa shape index (κ2) is 6.87. The highest BCUT2D eigenvalue weighted by Crippen LogP contribution is 2.30. The van der Waals surface area contributed by atoms with Gasteiger partial charge in [0.25, 0.3) is 0 Å². The number of halogens is 3. The Morgan fingerprint density at radius 1 is 1.36 bits per heavy atom. The Labute approximate surface area is 147 Å². The Morgan fingerprint density at radius 3 is 2.59 bits per heavy atom. The van der Waals surface area contributed by atoms with Crippen LogP contribution in [0.15, 0.2) is 28.7 Å². The number of carbonyl (C=O) groups is 1. The van der Waals surface area contributed by atoms with Gasteiger partial charge in [-0.15, -0.1) is 0 Å². The van der Waals surface area contributed by atoms with Crippen LogP contribution in [0.4, 0.5) is 0 Å². The van der Waals surface area contributed by atoms with Gasteiger partial charge < -0.3 is 4.57 Å². The number of carbonyl (C=O) groups excluding carboxylic acids is 1. The van der Waals surface area contributed by atoms with Gasteiger partial charge in [0.05, 0.1) is 22.0 Å². The van der Waals surface area contributed by atoms with E-state index < -0.39 is 0 Å². The first-order valence-electron chi connectivity index (χ1n) is 6.65. The zero-order chi connectivity index (χ0) is 16.4. The van der Waals surface area contributed by atoms with E-state index in [1.807, 2.05) is 13.0 Å². The standard InChI is InChI=1S/C16H13BrCl2N2O/c1-3-9(8-20)14-7-11(17)15(21(14)2)16(22)10-4-5-12(18)13(19)6-10/h4-7,9H,3H2,1-2H3. The quantitative estimate of drug-likeness (QED) is 0.651. The summed E-state index contributed by atoms with van der Waals surface area (Å²) in [4.78, 5) is 12.7. The van der Waals surface area contributed by atoms with E-state index >= 15 is 0 Å². The summed E-state index contributed by atoms with van der Waals surface area (Å²) in [6.45, 7) is 1.94. The first kappa shape index (κ1) is 17.1. The third-order valence-electron chi connectivity index (χ3n) is 3.54. The zero-order valence-electron chi connectivity index (χ0n) is 12.0. The van der Waals surface area contributed by atoms with E-state index in [1.165, 1.54) is 0 Å². The van der Waals surface area contributed by atoms with Crippen molar-refractivity contribution >= 4 is 44.9 Å². The second-order valence-electron chi connectivity index (χ2n) is 4.87. The molecule has 0 aliphatic heterocycles. The van der Waals surface area contributed by atoms with Gasteiger partial charge in [-0.2, -0.15) is 5.26 Å². The lowest BCUT2D eigenvalue weighted by atomic mass is 10.1. The predicted molar refractivity (Wildman–Crippen MR) is 91.7 cm³/mol. The summed E-state index contributed by atoms with van der Waals surface area (Å²) in [5, 5.41) is 9.97. The summed E-state index contributed by atoms with van der Waals surface area (Å²) in [5.74, 6) is -0.427. The molecule has 0 fully saturated rings. The molecule has 2 rings (SSSR count). The Hall–Kier alpha value is -1.28. The van der Waals surface area contributed by atoms with Crippen LogP contribution in [0.5, 0.6) is 0 Å². The van der Waals surface area contributed by atoms with E-state index in [1.54, 1.807) is 29.8 Å². The summed E-state index contributed by atoms with van der Waals surface area (Å²) < 4.78 is 2.42. The Balaban J connectivity index is 2.51. The number of ketones is 1. The van der Waals surface area contributed by atoms with Gasteiger partial charge in [-0.1, -0.05) is 30.1 Å². The van der Waals surface area contributed by atoms with Gasteiger partial charge in [0.1, 0.15) is 5.69 Å². The van der Waals surface area contributed by atoms with Crippen molar-refractivity contribution in [2.75, 3.05) is 0 Å². The fourth-order valence-electron chi connectivity index (χ4n) is 2.32. The average Bonchev–Trinajstić information content (AvgIpc) is 2.78. The van der Waals surface area contributed by atoms with E-state index in [9.17, 15) is 10.1 Å². The van der Waals surface area contributed by atoms with Gasteiger partial charge >= 0.3 is 0 Å². The van der Waals surface area contributed by atoms with Crippen molar-refractivity contribution in [2.45, 2.75) is 19.3 Å². The van der Waals surface area contributed by atoms with E-state index in [0.717, 1.165) is 5.69 Å². The molecule has 6 heteroatoms. The third-order valence-corrected chi connectivity index (χ3v) is 4.89. The molecule has 114 valence electrons. The molecule has 0 radical (unpaired) electrons. The molecule has 1 heterocycles. The number of nitriles is 1. The molecule has 1 unspecified atom stereocenters. The minimum Gasteiger partial charge on any atom is -0.343 e. The molecule has 1 aromatic carbocycles. The molecule has 1 aromatic heterocycles. The molecule has 0 amide bonds. The highest BCUT2D eigenvalue weighted by Gasteiger charge is 2.23. The summed E-state index contributed by atoms with van der Waals surface area (Å²) in [5.41, 5.74) is 1.75. The molecule has 0 spiro atoms. The number of benzene rings is 1. The Bertz CT molecular complexity index is 777. The number of nitrogens with zero attached hydrogens (tertiary/aromatic N) is 2. The highest BCUT2D eigenvalue weighted by molar-refractivity contribution is 9.10. The predicted octanol–water partition coefficient (Wildman–Crippen LogP) is 5.34. The molecule has 0 saturated carbocycles. The molecule has 3 nitrogen and oxygen atoms in total. The molecule has 22 heavy (non-hydrogen) atoms. The number of hydrogen-bond donors (Lipinski definition) is 0. The maximum absolute atomic E-state index is 12.7. The van der Waals surface area contributed by atoms with Crippen LogP contribution in [0.1, 0.15) is 41.0 Å². The molecule has 0 saturated heterocycles. The molecule has 0 aliphatic rings. The second-order valence-corrected chi connectivity index (χ2v) is 6.54. The molecule has 1 atom stereocenters. The normalized spacial score (nSPS) is 12.0. The van der Waals surface area contributed by atoms with Crippen molar-refractivity contribution < 1.29 is 4.79 Å². The van der Waals surface area contributed by atoms with Gasteiger partial charge in [-0.05, 0) is 46.6 Å². The van der Waals surface area contributed by atoms with Crippen LogP contribution in [0.25, 0.3) is 0 Å². The fourth-order valence-corrected chi connectivity index (χ4v) is 3.30. The maximum atomic E-state index is 12.7. The van der Waals surface area contributed by atoms with Gasteiger partial charge in [-0.3, -0.25) is 4.79 Å². The van der Waals surface area contributed by atoms with Crippen LogP contribution in [-0.4, -0.2) is 10.4 Å². The number of rotatable bonds is 4. The minimum atomic E-state index is -0.253. The van der Waals surface area contributed by atoms with Crippen LogP contribution in [-0.2, 0) is 7.05 Å². The van der Waals surface area contributed by atoms with Gasteiger partial charge in [0.2, 0.25) is 5.78 Å². The number of hydrogen-bond acceptors (Lipinski definition) is 2. The van der Waals surface area contributed by atoms with Crippen molar-refractivity contribution in [3.05, 3.63) is 55.7 Å². The van der Waals surface area contributed by atoms with Gasteiger partial charge in [0.15, 0.2) is 0 Å². The van der Waals surface area contributed by atoms with Gasteiger partial charge in [-0.25, -0.2) is 0 Å². The molecule has 0 bridgehead atoms. The Morgan fingerprint density at radius 2 is 2.05 bits per heavy atom. The smallest absolute Gasteiger partial charge is 0.210 e. The van der Waals surface area contributed by atoms with E-state index in [2.05, 4.69) is 22.0 Å². The third kappa shape index (κ3) is 3.08. The average molecular weight is 400 g/mol. The largest absolute Gasteiger partial charge is 0.343 e. The maximum Gasteiger partial charge on any atom is 0.210 e. The first-order chi connectivity index (χ1) is 10.4. The summed E-state index contributed by atoms with van der Waals surface area (Å²) in [7, 11) is 1.78. The van der Waals surface area contributed by atoms with Crippen molar-refractivity contribution in [3.63, 3.8) is 0 Å². The molecule has 0 N–H and O–H groups in total. The summed E-state index contributed by atoms with van der Waals surface area (Å²) in [6, 6.07) is 8.86. The molecule has 0 aliphatic carbocycles. The van der Waals surface area contributed by atoms with Gasteiger partial charge in [0, 0.05) is 22.8 Å². The zero-order valence-corrected chi connectivity index (χ0v) is 15.1. The lowest BCUT2D eigenvalue weighted by Crippen LogP contribution is -2.11. The van der Waals surface area contributed by atoms with Crippen molar-refractivity contribution in [1.29, 1.82) is 5.26 Å². The topological polar surface area (TPSA) is 45.8 Å². The van der Waals surface area contributed by atoms with E-state index in [-0.39, 0.29) is 11.7 Å². The lowest BCUT2D eigenvalue weighted by Gasteiger charge is -2.10. The first-order valence-corrected chi connectivity index (χ1v) is 8.20. The molecule has 2 aromatic rings. The minimum absolute atomic E-state index is 0.174. The van der Waals surface area contributed by atoms with Crippen LogP contribution in [0.2, 0.25) is 10.0 Å². The SMILES string of the molecule is CCC(C#N)c1cc(Br)c(C(=O)c2ccc(Cl)c(Cl)c2)n1C. The van der Waals surface area contributed by atoms with Crippen molar-refractivity contribution in [3.8, 4) is 6.07 Å². The lowest BCUT2D eigenvalue weighted by molar-refractivity contribution is 0.103. The van der Waals surface area contributed by atoms with Crippen LogP contribution < -0.4 is 0 Å². The fraction of sp³-hybridized carbons (Fsp3) is 0.250. The molecular formula is C16H13BrCl2N2O. The van der Waals surface area contributed by atoms with Crippen LogP contribution in [0.3, 0.4) is 0 Å². The molecular weight excluding hydrogens is 387 g/mol. The summed E-state index contributed by atoms with van der Waals surface area (Å²) in [6.07, 6.45) is 0.682.